The van der Waals surface area contributed by atoms with E-state index in [4.69, 9.17) is 6.42 Å². The van der Waals surface area contributed by atoms with Crippen LogP contribution in [0.5, 0.6) is 0 Å². The lowest BCUT2D eigenvalue weighted by Gasteiger charge is -2.27. The Morgan fingerprint density at radius 3 is 2.94 bits per heavy atom. The SMILES string of the molecule is C#CCC(C)NC1CCc2ccccc2C1. The Labute approximate surface area is 98.3 Å². The maximum atomic E-state index is 5.32. The zero-order valence-electron chi connectivity index (χ0n) is 9.87. The van der Waals surface area contributed by atoms with Gasteiger partial charge in [0.15, 0.2) is 0 Å². The lowest BCUT2D eigenvalue weighted by Crippen LogP contribution is -2.40. The molecule has 1 aromatic carbocycles. The Morgan fingerprint density at radius 1 is 1.44 bits per heavy atom. The summed E-state index contributed by atoms with van der Waals surface area (Å²) in [6.45, 7) is 2.17. The van der Waals surface area contributed by atoms with Gasteiger partial charge in [-0.2, -0.15) is 0 Å². The number of terminal acetylenes is 1. The van der Waals surface area contributed by atoms with Gasteiger partial charge in [-0.05, 0) is 37.3 Å². The molecule has 0 saturated carbocycles. The normalized spacial score (nSPS) is 20.9. The van der Waals surface area contributed by atoms with Crippen LogP contribution < -0.4 is 5.32 Å². The molecule has 0 aliphatic heterocycles. The second kappa shape index (κ2) is 5.18. The van der Waals surface area contributed by atoms with Gasteiger partial charge in [0.05, 0.1) is 0 Å². The summed E-state index contributed by atoms with van der Waals surface area (Å²) in [5.74, 6) is 2.71. The smallest absolute Gasteiger partial charge is 0.0238 e. The second-order valence-corrected chi connectivity index (χ2v) is 4.68. The molecule has 1 aliphatic rings. The van der Waals surface area contributed by atoms with Crippen LogP contribution in [0.3, 0.4) is 0 Å². The molecule has 0 bridgehead atoms. The van der Waals surface area contributed by atoms with Crippen molar-refractivity contribution in [2.75, 3.05) is 0 Å². The van der Waals surface area contributed by atoms with Crippen molar-refractivity contribution in [2.24, 2.45) is 0 Å². The highest BCUT2D eigenvalue weighted by Crippen LogP contribution is 2.21. The molecular formula is C15H19N. The van der Waals surface area contributed by atoms with Gasteiger partial charge in [-0.1, -0.05) is 24.3 Å². The van der Waals surface area contributed by atoms with E-state index in [1.165, 1.54) is 24.0 Å². The van der Waals surface area contributed by atoms with Crippen LogP contribution in [0.15, 0.2) is 24.3 Å². The van der Waals surface area contributed by atoms with Gasteiger partial charge in [0.2, 0.25) is 0 Å². The van der Waals surface area contributed by atoms with Crippen LogP contribution in [-0.2, 0) is 12.8 Å². The van der Waals surface area contributed by atoms with Crippen LogP contribution in [-0.4, -0.2) is 12.1 Å². The summed E-state index contributed by atoms with van der Waals surface area (Å²) in [6.07, 6.45) is 9.70. The monoisotopic (exact) mass is 213 g/mol. The average molecular weight is 213 g/mol. The molecule has 0 saturated heterocycles. The van der Waals surface area contributed by atoms with Crippen LogP contribution >= 0.6 is 0 Å². The maximum absolute atomic E-state index is 5.32. The first-order valence-corrected chi connectivity index (χ1v) is 6.06. The molecule has 0 amide bonds. The Balaban J connectivity index is 1.95. The van der Waals surface area contributed by atoms with E-state index < -0.39 is 0 Å². The van der Waals surface area contributed by atoms with E-state index in [2.05, 4.69) is 42.4 Å². The van der Waals surface area contributed by atoms with Crippen molar-refractivity contribution < 1.29 is 0 Å². The zero-order chi connectivity index (χ0) is 11.4. The average Bonchev–Trinajstić information content (AvgIpc) is 2.29. The van der Waals surface area contributed by atoms with Crippen LogP contribution in [0.2, 0.25) is 0 Å². The molecule has 0 radical (unpaired) electrons. The molecule has 16 heavy (non-hydrogen) atoms. The summed E-state index contributed by atoms with van der Waals surface area (Å²) in [7, 11) is 0. The van der Waals surface area contributed by atoms with Crippen LogP contribution in [0.25, 0.3) is 0 Å². The maximum Gasteiger partial charge on any atom is 0.0238 e. The predicted octanol–water partition coefficient (Wildman–Crippen LogP) is 2.55. The van der Waals surface area contributed by atoms with Gasteiger partial charge in [0.25, 0.3) is 0 Å². The Hall–Kier alpha value is -1.26. The summed E-state index contributed by atoms with van der Waals surface area (Å²) in [5.41, 5.74) is 3.02. The van der Waals surface area contributed by atoms with Crippen molar-refractivity contribution >= 4 is 0 Å². The van der Waals surface area contributed by atoms with Crippen molar-refractivity contribution in [3.63, 3.8) is 0 Å². The Bertz CT molecular complexity index is 389. The highest BCUT2D eigenvalue weighted by atomic mass is 14.9. The van der Waals surface area contributed by atoms with Crippen molar-refractivity contribution in [1.29, 1.82) is 0 Å². The first kappa shape index (κ1) is 11.2. The Morgan fingerprint density at radius 2 is 2.19 bits per heavy atom. The minimum atomic E-state index is 0.431. The van der Waals surface area contributed by atoms with E-state index in [1.807, 2.05) is 0 Å². The van der Waals surface area contributed by atoms with Crippen LogP contribution in [0.1, 0.15) is 30.9 Å². The number of fused-ring (bicyclic) bond motifs is 1. The summed E-state index contributed by atoms with van der Waals surface area (Å²) >= 11 is 0. The molecule has 1 N–H and O–H groups in total. The summed E-state index contributed by atoms with van der Waals surface area (Å²) in [4.78, 5) is 0. The third-order valence-electron chi connectivity index (χ3n) is 3.29. The number of hydrogen-bond donors (Lipinski definition) is 1. The first-order valence-electron chi connectivity index (χ1n) is 6.06. The standard InChI is InChI=1S/C15H19N/c1-3-6-12(2)16-15-10-9-13-7-4-5-8-14(13)11-15/h1,4-5,7-8,12,15-16H,6,9-11H2,2H3. The molecule has 1 nitrogen and oxygen atoms in total. The lowest BCUT2D eigenvalue weighted by molar-refractivity contribution is 0.410. The molecule has 1 aliphatic carbocycles. The molecule has 0 aromatic heterocycles. The third kappa shape index (κ3) is 2.65. The highest BCUT2D eigenvalue weighted by molar-refractivity contribution is 5.30. The van der Waals surface area contributed by atoms with Gasteiger partial charge in [-0.25, -0.2) is 0 Å². The summed E-state index contributed by atoms with van der Waals surface area (Å²) in [5, 5.41) is 3.62. The molecular weight excluding hydrogens is 194 g/mol. The number of rotatable bonds is 3. The fraction of sp³-hybridized carbons (Fsp3) is 0.467. The minimum Gasteiger partial charge on any atom is -0.310 e. The topological polar surface area (TPSA) is 12.0 Å². The van der Waals surface area contributed by atoms with Gasteiger partial charge < -0.3 is 5.32 Å². The number of aryl methyl sites for hydroxylation is 1. The molecule has 84 valence electrons. The number of hydrogen-bond acceptors (Lipinski definition) is 1. The van der Waals surface area contributed by atoms with Gasteiger partial charge in [0, 0.05) is 18.5 Å². The fourth-order valence-corrected chi connectivity index (χ4v) is 2.48. The van der Waals surface area contributed by atoms with Crippen molar-refractivity contribution in [3.05, 3.63) is 35.4 Å². The van der Waals surface area contributed by atoms with Crippen LogP contribution in [0.4, 0.5) is 0 Å². The molecule has 1 aromatic rings. The van der Waals surface area contributed by atoms with Gasteiger partial charge in [0.1, 0.15) is 0 Å². The van der Waals surface area contributed by atoms with Crippen molar-refractivity contribution in [2.45, 2.75) is 44.7 Å². The quantitative estimate of drug-likeness (QED) is 0.761. The summed E-state index contributed by atoms with van der Waals surface area (Å²) < 4.78 is 0. The third-order valence-corrected chi connectivity index (χ3v) is 3.29. The molecule has 0 fully saturated rings. The van der Waals surface area contributed by atoms with E-state index >= 15 is 0 Å². The molecule has 2 unspecified atom stereocenters. The number of nitrogens with one attached hydrogen (secondary N) is 1. The van der Waals surface area contributed by atoms with E-state index in [0.717, 1.165) is 12.8 Å². The van der Waals surface area contributed by atoms with E-state index in [0.29, 0.717) is 12.1 Å². The van der Waals surface area contributed by atoms with E-state index in [-0.39, 0.29) is 0 Å². The highest BCUT2D eigenvalue weighted by Gasteiger charge is 2.18. The van der Waals surface area contributed by atoms with E-state index in [9.17, 15) is 0 Å². The summed E-state index contributed by atoms with van der Waals surface area (Å²) in [6, 6.07) is 9.78. The van der Waals surface area contributed by atoms with Crippen molar-refractivity contribution in [3.8, 4) is 12.3 Å². The fourth-order valence-electron chi connectivity index (χ4n) is 2.48. The second-order valence-electron chi connectivity index (χ2n) is 4.68. The largest absolute Gasteiger partial charge is 0.310 e. The molecule has 0 spiro atoms. The molecule has 1 heteroatoms. The molecule has 2 atom stereocenters. The zero-order valence-corrected chi connectivity index (χ0v) is 9.87. The van der Waals surface area contributed by atoms with Crippen LogP contribution in [0, 0.1) is 12.3 Å². The Kier molecular flexibility index (Phi) is 3.64. The van der Waals surface area contributed by atoms with Crippen molar-refractivity contribution in [1.82, 2.24) is 5.32 Å². The predicted molar refractivity (Wildman–Crippen MR) is 68.3 cm³/mol. The van der Waals surface area contributed by atoms with E-state index in [1.54, 1.807) is 0 Å². The van der Waals surface area contributed by atoms with Gasteiger partial charge in [-0.3, -0.25) is 0 Å². The van der Waals surface area contributed by atoms with Gasteiger partial charge in [-0.15, -0.1) is 12.3 Å². The van der Waals surface area contributed by atoms with Gasteiger partial charge >= 0.3 is 0 Å². The molecule has 2 rings (SSSR count). The first-order chi connectivity index (χ1) is 7.79. The molecule has 0 heterocycles. The minimum absolute atomic E-state index is 0.431. The number of benzene rings is 1. The lowest BCUT2D eigenvalue weighted by atomic mass is 9.88.